The molecule has 0 atom stereocenters. The number of phenolic OH excluding ortho intramolecular Hbond substituents is 2. The van der Waals surface area contributed by atoms with Crippen molar-refractivity contribution in [2.75, 3.05) is 27.2 Å². The number of hydrogen-bond acceptors (Lipinski definition) is 6. The van der Waals surface area contributed by atoms with Crippen LogP contribution in [0.3, 0.4) is 0 Å². The van der Waals surface area contributed by atoms with Crippen LogP contribution in [0.25, 0.3) is 22.3 Å². The van der Waals surface area contributed by atoms with Gasteiger partial charge in [-0.15, -0.1) is 0 Å². The second kappa shape index (κ2) is 6.86. The molecule has 2 aromatic carbocycles. The third-order valence-electron chi connectivity index (χ3n) is 3.72. The van der Waals surface area contributed by atoms with Gasteiger partial charge in [-0.1, -0.05) is 12.1 Å². The second-order valence-corrected chi connectivity index (χ2v) is 5.99. The Balaban J connectivity index is 1.98. The molecular formula is C19H19NO5. The van der Waals surface area contributed by atoms with E-state index < -0.39 is 0 Å². The largest absolute Gasteiger partial charge is 0.508 e. The van der Waals surface area contributed by atoms with Crippen LogP contribution in [0.2, 0.25) is 0 Å². The third kappa shape index (κ3) is 3.75. The number of phenols is 2. The summed E-state index contributed by atoms with van der Waals surface area (Å²) < 4.78 is 11.4. The van der Waals surface area contributed by atoms with E-state index in [0.717, 1.165) is 12.6 Å². The van der Waals surface area contributed by atoms with Crippen molar-refractivity contribution in [3.05, 3.63) is 52.7 Å². The first-order chi connectivity index (χ1) is 11.9. The highest BCUT2D eigenvalue weighted by Gasteiger charge is 2.12. The number of hydrogen-bond donors (Lipinski definition) is 2. The predicted molar refractivity (Wildman–Crippen MR) is 95.3 cm³/mol. The maximum Gasteiger partial charge on any atom is 0.197 e. The molecule has 0 unspecified atom stereocenters. The van der Waals surface area contributed by atoms with Crippen LogP contribution in [0.1, 0.15) is 0 Å². The topological polar surface area (TPSA) is 83.1 Å². The summed E-state index contributed by atoms with van der Waals surface area (Å²) in [4.78, 5) is 14.3. The minimum absolute atomic E-state index is 0.0416. The highest BCUT2D eigenvalue weighted by molar-refractivity contribution is 5.86. The van der Waals surface area contributed by atoms with Crippen LogP contribution in [0.5, 0.6) is 17.2 Å². The Labute approximate surface area is 144 Å². The van der Waals surface area contributed by atoms with Crippen molar-refractivity contribution in [2.24, 2.45) is 0 Å². The molecule has 25 heavy (non-hydrogen) atoms. The van der Waals surface area contributed by atoms with Gasteiger partial charge in [0.05, 0.1) is 0 Å². The van der Waals surface area contributed by atoms with Gasteiger partial charge in [0.15, 0.2) is 5.43 Å². The molecule has 0 amide bonds. The van der Waals surface area contributed by atoms with Crippen molar-refractivity contribution >= 4 is 11.0 Å². The zero-order chi connectivity index (χ0) is 18.0. The Morgan fingerprint density at radius 2 is 1.92 bits per heavy atom. The van der Waals surface area contributed by atoms with Crippen molar-refractivity contribution in [3.63, 3.8) is 0 Å². The van der Waals surface area contributed by atoms with Crippen LogP contribution in [-0.4, -0.2) is 42.4 Å². The fourth-order valence-electron chi connectivity index (χ4n) is 2.48. The molecule has 3 aromatic rings. The molecule has 130 valence electrons. The molecule has 0 saturated carbocycles. The molecule has 0 aliphatic heterocycles. The van der Waals surface area contributed by atoms with Gasteiger partial charge in [0.25, 0.3) is 0 Å². The third-order valence-corrected chi connectivity index (χ3v) is 3.72. The quantitative estimate of drug-likeness (QED) is 0.742. The Hall–Kier alpha value is -2.99. The molecule has 0 fully saturated rings. The maximum absolute atomic E-state index is 12.3. The monoisotopic (exact) mass is 341 g/mol. The normalized spacial score (nSPS) is 11.2. The summed E-state index contributed by atoms with van der Waals surface area (Å²) in [5.41, 5.74) is 0.413. The van der Waals surface area contributed by atoms with Crippen molar-refractivity contribution in [1.82, 2.24) is 4.90 Å². The fourth-order valence-corrected chi connectivity index (χ4v) is 2.48. The molecule has 6 nitrogen and oxygen atoms in total. The SMILES string of the molecule is CN(C)CCOc1cccc(-c2cc(=O)c3c(O)cc(O)cc3o2)c1. The lowest BCUT2D eigenvalue weighted by Crippen LogP contribution is -2.19. The summed E-state index contributed by atoms with van der Waals surface area (Å²) >= 11 is 0. The van der Waals surface area contributed by atoms with Gasteiger partial charge in [0.2, 0.25) is 0 Å². The van der Waals surface area contributed by atoms with Crippen molar-refractivity contribution < 1.29 is 19.4 Å². The summed E-state index contributed by atoms with van der Waals surface area (Å²) in [6.45, 7) is 1.33. The van der Waals surface area contributed by atoms with Crippen LogP contribution in [0.15, 0.2) is 51.7 Å². The van der Waals surface area contributed by atoms with E-state index >= 15 is 0 Å². The standard InChI is InChI=1S/C19H19NO5/c1-20(2)6-7-24-14-5-3-4-12(8-14)17-11-16(23)19-15(22)9-13(21)10-18(19)25-17/h3-5,8-11,21-22H,6-7H2,1-2H3. The Morgan fingerprint density at radius 1 is 1.12 bits per heavy atom. The molecule has 2 N–H and O–H groups in total. The lowest BCUT2D eigenvalue weighted by atomic mass is 10.1. The van der Waals surface area contributed by atoms with Crippen molar-refractivity contribution in [2.45, 2.75) is 0 Å². The zero-order valence-corrected chi connectivity index (χ0v) is 14.0. The van der Waals surface area contributed by atoms with E-state index in [9.17, 15) is 15.0 Å². The zero-order valence-electron chi connectivity index (χ0n) is 14.0. The number of fused-ring (bicyclic) bond motifs is 1. The van der Waals surface area contributed by atoms with Crippen LogP contribution < -0.4 is 10.2 Å². The van der Waals surface area contributed by atoms with E-state index in [1.54, 1.807) is 12.1 Å². The van der Waals surface area contributed by atoms with Crippen molar-refractivity contribution in [1.29, 1.82) is 0 Å². The lowest BCUT2D eigenvalue weighted by Gasteiger charge is -2.11. The van der Waals surface area contributed by atoms with Crippen LogP contribution in [-0.2, 0) is 0 Å². The smallest absolute Gasteiger partial charge is 0.197 e. The molecule has 0 aliphatic carbocycles. The molecule has 1 heterocycles. The summed E-state index contributed by atoms with van der Waals surface area (Å²) in [7, 11) is 3.93. The van der Waals surface area contributed by atoms with Crippen molar-refractivity contribution in [3.8, 4) is 28.6 Å². The highest BCUT2D eigenvalue weighted by Crippen LogP contribution is 2.31. The van der Waals surface area contributed by atoms with Gasteiger partial charge in [0, 0.05) is 30.3 Å². The highest BCUT2D eigenvalue weighted by atomic mass is 16.5. The van der Waals surface area contributed by atoms with E-state index in [2.05, 4.69) is 0 Å². The molecule has 1 aromatic heterocycles. The van der Waals surface area contributed by atoms with Crippen LogP contribution in [0, 0.1) is 0 Å². The molecule has 0 aliphatic rings. The number of ether oxygens (including phenoxy) is 1. The second-order valence-electron chi connectivity index (χ2n) is 5.99. The molecule has 0 radical (unpaired) electrons. The number of rotatable bonds is 5. The van der Waals surface area contributed by atoms with E-state index in [0.29, 0.717) is 23.7 Å². The van der Waals surface area contributed by atoms with E-state index in [1.807, 2.05) is 31.1 Å². The van der Waals surface area contributed by atoms with Crippen LogP contribution >= 0.6 is 0 Å². The maximum atomic E-state index is 12.3. The summed E-state index contributed by atoms with van der Waals surface area (Å²) in [5.74, 6) is 0.517. The summed E-state index contributed by atoms with van der Waals surface area (Å²) in [6, 6.07) is 10.9. The number of likely N-dealkylation sites (N-methyl/N-ethyl adjacent to an activating group) is 1. The average molecular weight is 341 g/mol. The molecule has 0 bridgehead atoms. The Bertz CT molecular complexity index is 962. The summed E-state index contributed by atoms with van der Waals surface area (Å²) in [6.07, 6.45) is 0. The van der Waals surface area contributed by atoms with Gasteiger partial charge in [0.1, 0.15) is 40.6 Å². The van der Waals surface area contributed by atoms with Gasteiger partial charge < -0.3 is 24.3 Å². The first-order valence-corrected chi connectivity index (χ1v) is 7.82. The van der Waals surface area contributed by atoms with Crippen LogP contribution in [0.4, 0.5) is 0 Å². The van der Waals surface area contributed by atoms with E-state index in [-0.39, 0.29) is 27.9 Å². The van der Waals surface area contributed by atoms with Gasteiger partial charge in [-0.2, -0.15) is 0 Å². The van der Waals surface area contributed by atoms with Gasteiger partial charge in [-0.25, -0.2) is 0 Å². The number of nitrogens with zero attached hydrogens (tertiary/aromatic N) is 1. The first kappa shape index (κ1) is 16.9. The molecular weight excluding hydrogens is 322 g/mol. The Morgan fingerprint density at radius 3 is 2.68 bits per heavy atom. The predicted octanol–water partition coefficient (Wildman–Crippen LogP) is 2.81. The Kier molecular flexibility index (Phi) is 4.63. The minimum Gasteiger partial charge on any atom is -0.508 e. The first-order valence-electron chi connectivity index (χ1n) is 7.82. The van der Waals surface area contributed by atoms with E-state index in [1.165, 1.54) is 12.1 Å². The minimum atomic E-state index is -0.382. The lowest BCUT2D eigenvalue weighted by molar-refractivity contribution is 0.261. The molecule has 0 spiro atoms. The van der Waals surface area contributed by atoms with Gasteiger partial charge in [-0.05, 0) is 26.2 Å². The summed E-state index contributed by atoms with van der Waals surface area (Å²) in [5, 5.41) is 19.5. The number of benzene rings is 2. The van der Waals surface area contributed by atoms with Gasteiger partial charge >= 0.3 is 0 Å². The molecule has 6 heteroatoms. The van der Waals surface area contributed by atoms with E-state index in [4.69, 9.17) is 9.15 Å². The molecule has 3 rings (SSSR count). The van der Waals surface area contributed by atoms with Gasteiger partial charge in [-0.3, -0.25) is 4.79 Å². The molecule has 0 saturated heterocycles. The fraction of sp³-hybridized carbons (Fsp3) is 0.211. The number of aromatic hydroxyl groups is 2. The average Bonchev–Trinajstić information content (AvgIpc) is 2.53.